The molecule has 1 aliphatic rings. The highest BCUT2D eigenvalue weighted by molar-refractivity contribution is 5.91. The van der Waals surface area contributed by atoms with Gasteiger partial charge in [-0.2, -0.15) is 0 Å². The molecule has 0 radical (unpaired) electrons. The first-order valence-corrected chi connectivity index (χ1v) is 4.99. The van der Waals surface area contributed by atoms with E-state index in [0.717, 1.165) is 44.8 Å². The number of carbonyl (C=O) groups is 2. The highest BCUT2D eigenvalue weighted by Gasteiger charge is 2.08. The van der Waals surface area contributed by atoms with E-state index in [0.29, 0.717) is 6.42 Å². The van der Waals surface area contributed by atoms with Crippen LogP contribution in [0.15, 0.2) is 11.6 Å². The lowest BCUT2D eigenvalue weighted by molar-refractivity contribution is -0.115. The van der Waals surface area contributed by atoms with Crippen LogP contribution in [0.5, 0.6) is 0 Å². The van der Waals surface area contributed by atoms with E-state index in [9.17, 15) is 9.59 Å². The standard InChI is InChI=1S/C11H16O2/c12-8-3-1-2-5-10-6-4-7-11(13)9-10/h8-9H,1-7H2. The quantitative estimate of drug-likeness (QED) is 0.481. The number of ketones is 1. The maximum absolute atomic E-state index is 11.0. The van der Waals surface area contributed by atoms with Crippen molar-refractivity contribution in [3.05, 3.63) is 11.6 Å². The van der Waals surface area contributed by atoms with Crippen LogP contribution >= 0.6 is 0 Å². The summed E-state index contributed by atoms with van der Waals surface area (Å²) in [7, 11) is 0. The molecule has 0 fully saturated rings. The van der Waals surface area contributed by atoms with Crippen molar-refractivity contribution in [3.63, 3.8) is 0 Å². The van der Waals surface area contributed by atoms with Crippen molar-refractivity contribution in [2.75, 3.05) is 0 Å². The minimum atomic E-state index is 0.275. The normalized spacial score (nSPS) is 16.9. The molecule has 13 heavy (non-hydrogen) atoms. The number of unbranched alkanes of at least 4 members (excludes halogenated alkanes) is 2. The van der Waals surface area contributed by atoms with E-state index < -0.39 is 0 Å². The van der Waals surface area contributed by atoms with Crippen LogP contribution in [0.1, 0.15) is 44.9 Å². The Bertz CT molecular complexity index is 216. The maximum Gasteiger partial charge on any atom is 0.155 e. The van der Waals surface area contributed by atoms with Crippen LogP contribution in [0.2, 0.25) is 0 Å². The van der Waals surface area contributed by atoms with Crippen molar-refractivity contribution < 1.29 is 9.59 Å². The van der Waals surface area contributed by atoms with Crippen LogP contribution in [0.25, 0.3) is 0 Å². The largest absolute Gasteiger partial charge is 0.303 e. The highest BCUT2D eigenvalue weighted by Crippen LogP contribution is 2.20. The van der Waals surface area contributed by atoms with Crippen LogP contribution in [-0.4, -0.2) is 12.1 Å². The minimum absolute atomic E-state index is 0.275. The molecule has 0 bridgehead atoms. The molecular formula is C11H16O2. The lowest BCUT2D eigenvalue weighted by atomic mass is 9.94. The average Bonchev–Trinajstić information content (AvgIpc) is 2.13. The van der Waals surface area contributed by atoms with Crippen LogP contribution < -0.4 is 0 Å². The van der Waals surface area contributed by atoms with E-state index >= 15 is 0 Å². The van der Waals surface area contributed by atoms with Gasteiger partial charge in [0, 0.05) is 12.8 Å². The number of rotatable bonds is 5. The molecule has 0 amide bonds. The summed E-state index contributed by atoms with van der Waals surface area (Å²) in [6.07, 6.45) is 9.21. The van der Waals surface area contributed by atoms with Gasteiger partial charge < -0.3 is 4.79 Å². The average molecular weight is 180 g/mol. The smallest absolute Gasteiger partial charge is 0.155 e. The van der Waals surface area contributed by atoms with Crippen molar-refractivity contribution in [3.8, 4) is 0 Å². The van der Waals surface area contributed by atoms with Gasteiger partial charge in [-0.05, 0) is 38.2 Å². The van der Waals surface area contributed by atoms with Gasteiger partial charge in [0.05, 0.1) is 0 Å². The first kappa shape index (κ1) is 10.2. The van der Waals surface area contributed by atoms with E-state index in [1.807, 2.05) is 0 Å². The van der Waals surface area contributed by atoms with Crippen molar-refractivity contribution >= 4 is 12.1 Å². The Labute approximate surface area is 79.0 Å². The van der Waals surface area contributed by atoms with Gasteiger partial charge in [-0.15, -0.1) is 0 Å². The zero-order valence-electron chi connectivity index (χ0n) is 7.92. The Hall–Kier alpha value is -0.920. The summed E-state index contributed by atoms with van der Waals surface area (Å²) in [6.45, 7) is 0. The molecule has 0 atom stereocenters. The van der Waals surface area contributed by atoms with E-state index in [1.165, 1.54) is 5.57 Å². The molecule has 0 aromatic heterocycles. The Balaban J connectivity index is 2.20. The van der Waals surface area contributed by atoms with Gasteiger partial charge >= 0.3 is 0 Å². The first-order valence-electron chi connectivity index (χ1n) is 4.99. The summed E-state index contributed by atoms with van der Waals surface area (Å²) in [5, 5.41) is 0. The summed E-state index contributed by atoms with van der Waals surface area (Å²) in [4.78, 5) is 21.1. The predicted molar refractivity (Wildman–Crippen MR) is 51.5 cm³/mol. The second-order valence-electron chi connectivity index (χ2n) is 3.53. The third-order valence-electron chi connectivity index (χ3n) is 2.36. The molecule has 0 unspecified atom stereocenters. The van der Waals surface area contributed by atoms with E-state index in [-0.39, 0.29) is 5.78 Å². The molecule has 0 saturated carbocycles. The van der Waals surface area contributed by atoms with E-state index in [1.54, 1.807) is 6.08 Å². The molecule has 0 saturated heterocycles. The number of allylic oxidation sites excluding steroid dienone is 2. The zero-order valence-corrected chi connectivity index (χ0v) is 7.92. The molecule has 0 aliphatic heterocycles. The highest BCUT2D eigenvalue weighted by atomic mass is 16.1. The number of carbonyl (C=O) groups excluding carboxylic acids is 2. The monoisotopic (exact) mass is 180 g/mol. The molecule has 1 aliphatic carbocycles. The Morgan fingerprint density at radius 2 is 2.15 bits per heavy atom. The third kappa shape index (κ3) is 4.02. The third-order valence-corrected chi connectivity index (χ3v) is 2.36. The summed E-state index contributed by atoms with van der Waals surface area (Å²) >= 11 is 0. The van der Waals surface area contributed by atoms with Crippen LogP contribution in [-0.2, 0) is 9.59 Å². The fourth-order valence-electron chi connectivity index (χ4n) is 1.64. The minimum Gasteiger partial charge on any atom is -0.303 e. The molecule has 0 heterocycles. The summed E-state index contributed by atoms with van der Waals surface area (Å²) < 4.78 is 0. The maximum atomic E-state index is 11.0. The van der Waals surface area contributed by atoms with Crippen molar-refractivity contribution in [1.29, 1.82) is 0 Å². The molecular weight excluding hydrogens is 164 g/mol. The van der Waals surface area contributed by atoms with Crippen LogP contribution in [0.4, 0.5) is 0 Å². The van der Waals surface area contributed by atoms with Crippen molar-refractivity contribution in [2.45, 2.75) is 44.9 Å². The first-order chi connectivity index (χ1) is 6.33. The molecule has 2 heteroatoms. The molecule has 1 rings (SSSR count). The molecule has 0 spiro atoms. The molecule has 0 N–H and O–H groups in total. The summed E-state index contributed by atoms with van der Waals surface area (Å²) in [5.74, 6) is 0.275. The number of hydrogen-bond donors (Lipinski definition) is 0. The zero-order chi connectivity index (χ0) is 9.52. The lowest BCUT2D eigenvalue weighted by Crippen LogP contribution is -2.02. The van der Waals surface area contributed by atoms with Gasteiger partial charge in [-0.25, -0.2) is 0 Å². The van der Waals surface area contributed by atoms with E-state index in [4.69, 9.17) is 0 Å². The van der Waals surface area contributed by atoms with Gasteiger partial charge in [0.1, 0.15) is 6.29 Å². The fourth-order valence-corrected chi connectivity index (χ4v) is 1.64. The molecule has 0 aromatic rings. The predicted octanol–water partition coefficient (Wildman–Crippen LogP) is 2.43. The topological polar surface area (TPSA) is 34.1 Å². The number of hydrogen-bond acceptors (Lipinski definition) is 2. The van der Waals surface area contributed by atoms with Gasteiger partial charge in [0.25, 0.3) is 0 Å². The molecule has 72 valence electrons. The van der Waals surface area contributed by atoms with Crippen molar-refractivity contribution in [1.82, 2.24) is 0 Å². The summed E-state index contributed by atoms with van der Waals surface area (Å²) in [6, 6.07) is 0. The van der Waals surface area contributed by atoms with Gasteiger partial charge in [0.2, 0.25) is 0 Å². The van der Waals surface area contributed by atoms with Crippen LogP contribution in [0.3, 0.4) is 0 Å². The van der Waals surface area contributed by atoms with Gasteiger partial charge in [-0.1, -0.05) is 5.57 Å². The lowest BCUT2D eigenvalue weighted by Gasteiger charge is -2.10. The Morgan fingerprint density at radius 1 is 1.31 bits per heavy atom. The molecule has 0 aromatic carbocycles. The van der Waals surface area contributed by atoms with Crippen molar-refractivity contribution in [2.24, 2.45) is 0 Å². The SMILES string of the molecule is O=CCCCCC1=CC(=O)CCC1. The van der Waals surface area contributed by atoms with E-state index in [2.05, 4.69) is 0 Å². The fraction of sp³-hybridized carbons (Fsp3) is 0.636. The summed E-state index contributed by atoms with van der Waals surface area (Å²) in [5.41, 5.74) is 1.28. The van der Waals surface area contributed by atoms with Gasteiger partial charge in [-0.3, -0.25) is 4.79 Å². The Kier molecular flexibility index (Phi) is 4.44. The molecule has 2 nitrogen and oxygen atoms in total. The Morgan fingerprint density at radius 3 is 2.85 bits per heavy atom. The van der Waals surface area contributed by atoms with Crippen LogP contribution in [0, 0.1) is 0 Å². The van der Waals surface area contributed by atoms with Gasteiger partial charge in [0.15, 0.2) is 5.78 Å². The second kappa shape index (κ2) is 5.68. The second-order valence-corrected chi connectivity index (χ2v) is 3.53. The number of aldehydes is 1.